The minimum absolute atomic E-state index is 0.0239. The SMILES string of the molecule is Cc1ccc(S(=O)(=O)NCCCNC(=O)C2CCCN(C3CCOCC3)C2)cc1. The maximum Gasteiger partial charge on any atom is 0.240 e. The van der Waals surface area contributed by atoms with Crippen molar-refractivity contribution in [3.05, 3.63) is 29.8 Å². The number of sulfonamides is 1. The number of carbonyl (C=O) groups excluding carboxylic acids is 1. The predicted molar refractivity (Wildman–Crippen MR) is 112 cm³/mol. The van der Waals surface area contributed by atoms with Crippen molar-refractivity contribution in [3.8, 4) is 0 Å². The molecule has 1 aromatic rings. The van der Waals surface area contributed by atoms with Crippen LogP contribution in [-0.4, -0.2) is 64.7 Å². The molecule has 0 radical (unpaired) electrons. The summed E-state index contributed by atoms with van der Waals surface area (Å²) >= 11 is 0. The zero-order valence-corrected chi connectivity index (χ0v) is 18.0. The molecule has 1 amide bonds. The smallest absolute Gasteiger partial charge is 0.240 e. The summed E-state index contributed by atoms with van der Waals surface area (Å²) in [5.41, 5.74) is 1.02. The Labute approximate surface area is 174 Å². The van der Waals surface area contributed by atoms with Crippen molar-refractivity contribution in [2.45, 2.75) is 50.0 Å². The highest BCUT2D eigenvalue weighted by molar-refractivity contribution is 7.89. The second-order valence-corrected chi connectivity index (χ2v) is 9.80. The molecule has 1 unspecified atom stereocenters. The largest absolute Gasteiger partial charge is 0.381 e. The highest BCUT2D eigenvalue weighted by Gasteiger charge is 2.30. The van der Waals surface area contributed by atoms with Crippen LogP contribution in [0.25, 0.3) is 0 Å². The van der Waals surface area contributed by atoms with E-state index in [1.54, 1.807) is 24.3 Å². The molecule has 1 atom stereocenters. The monoisotopic (exact) mass is 423 g/mol. The first-order valence-corrected chi connectivity index (χ1v) is 12.1. The van der Waals surface area contributed by atoms with E-state index in [0.717, 1.165) is 57.6 Å². The van der Waals surface area contributed by atoms with E-state index < -0.39 is 10.0 Å². The molecule has 8 heteroatoms. The highest BCUT2D eigenvalue weighted by atomic mass is 32.2. The van der Waals surface area contributed by atoms with Gasteiger partial charge < -0.3 is 10.1 Å². The van der Waals surface area contributed by atoms with E-state index in [0.29, 0.717) is 25.6 Å². The van der Waals surface area contributed by atoms with Crippen molar-refractivity contribution < 1.29 is 17.9 Å². The summed E-state index contributed by atoms with van der Waals surface area (Å²) in [6.07, 6.45) is 4.63. The number of ether oxygens (including phenoxy) is 1. The third kappa shape index (κ3) is 6.50. The Kier molecular flexibility index (Phi) is 8.06. The Morgan fingerprint density at radius 3 is 2.59 bits per heavy atom. The predicted octanol–water partition coefficient (Wildman–Crippen LogP) is 1.67. The molecule has 2 aliphatic heterocycles. The highest BCUT2D eigenvalue weighted by Crippen LogP contribution is 2.23. The fourth-order valence-corrected chi connectivity index (χ4v) is 5.13. The van der Waals surface area contributed by atoms with Gasteiger partial charge in [-0.1, -0.05) is 17.7 Å². The standard InChI is InChI=1S/C21H33N3O4S/c1-17-5-7-20(8-6-17)29(26,27)23-12-3-11-22-21(25)18-4-2-13-24(16-18)19-9-14-28-15-10-19/h5-8,18-19,23H,2-4,9-16H2,1H3,(H,22,25). The third-order valence-corrected chi connectivity index (χ3v) is 7.28. The van der Waals surface area contributed by atoms with Crippen molar-refractivity contribution in [1.82, 2.24) is 14.9 Å². The number of amides is 1. The average molecular weight is 424 g/mol. The van der Waals surface area contributed by atoms with Gasteiger partial charge in [0, 0.05) is 38.9 Å². The van der Waals surface area contributed by atoms with Crippen LogP contribution in [0, 0.1) is 12.8 Å². The van der Waals surface area contributed by atoms with Crippen LogP contribution in [0.4, 0.5) is 0 Å². The lowest BCUT2D eigenvalue weighted by molar-refractivity contribution is -0.127. The molecule has 29 heavy (non-hydrogen) atoms. The Morgan fingerprint density at radius 2 is 1.86 bits per heavy atom. The molecule has 0 aliphatic carbocycles. The summed E-state index contributed by atoms with van der Waals surface area (Å²) in [5, 5.41) is 2.98. The van der Waals surface area contributed by atoms with Crippen LogP contribution in [-0.2, 0) is 19.6 Å². The van der Waals surface area contributed by atoms with Crippen LogP contribution in [0.1, 0.15) is 37.7 Å². The van der Waals surface area contributed by atoms with Crippen LogP contribution >= 0.6 is 0 Å². The molecule has 1 aromatic carbocycles. The Morgan fingerprint density at radius 1 is 1.14 bits per heavy atom. The van der Waals surface area contributed by atoms with E-state index in [1.165, 1.54) is 0 Å². The van der Waals surface area contributed by atoms with Crippen molar-refractivity contribution >= 4 is 15.9 Å². The lowest BCUT2D eigenvalue weighted by atomic mass is 9.94. The summed E-state index contributed by atoms with van der Waals surface area (Å²) in [6.45, 7) is 6.21. The van der Waals surface area contributed by atoms with Crippen LogP contribution in [0.2, 0.25) is 0 Å². The topological polar surface area (TPSA) is 87.7 Å². The van der Waals surface area contributed by atoms with E-state index in [9.17, 15) is 13.2 Å². The number of likely N-dealkylation sites (tertiary alicyclic amines) is 1. The number of hydrogen-bond acceptors (Lipinski definition) is 5. The molecule has 0 bridgehead atoms. The van der Waals surface area contributed by atoms with Gasteiger partial charge >= 0.3 is 0 Å². The van der Waals surface area contributed by atoms with Crippen LogP contribution < -0.4 is 10.0 Å². The minimum atomic E-state index is -3.50. The summed E-state index contributed by atoms with van der Waals surface area (Å²) in [7, 11) is -3.50. The number of piperidine rings is 1. The summed E-state index contributed by atoms with van der Waals surface area (Å²) < 4.78 is 32.6. The molecule has 0 spiro atoms. The average Bonchev–Trinajstić information content (AvgIpc) is 2.74. The van der Waals surface area contributed by atoms with Crippen LogP contribution in [0.15, 0.2) is 29.2 Å². The first-order chi connectivity index (χ1) is 14.0. The number of carbonyl (C=O) groups is 1. The first-order valence-electron chi connectivity index (χ1n) is 10.6. The number of aryl methyl sites for hydroxylation is 1. The number of benzene rings is 1. The quantitative estimate of drug-likeness (QED) is 0.621. The van der Waals surface area contributed by atoms with E-state index in [-0.39, 0.29) is 16.7 Å². The van der Waals surface area contributed by atoms with Gasteiger partial charge in [-0.25, -0.2) is 13.1 Å². The number of nitrogens with zero attached hydrogens (tertiary/aromatic N) is 1. The van der Waals surface area contributed by atoms with Gasteiger partial charge in [-0.3, -0.25) is 9.69 Å². The lowest BCUT2D eigenvalue weighted by Gasteiger charge is -2.39. The van der Waals surface area contributed by atoms with E-state index >= 15 is 0 Å². The van der Waals surface area contributed by atoms with Gasteiger partial charge in [0.25, 0.3) is 0 Å². The first kappa shape index (κ1) is 22.2. The molecule has 162 valence electrons. The van der Waals surface area contributed by atoms with Gasteiger partial charge in [-0.15, -0.1) is 0 Å². The second kappa shape index (κ2) is 10.5. The van der Waals surface area contributed by atoms with E-state index in [4.69, 9.17) is 4.74 Å². The van der Waals surface area contributed by atoms with Gasteiger partial charge in [0.15, 0.2) is 0 Å². The molecule has 7 nitrogen and oxygen atoms in total. The maximum atomic E-state index is 12.5. The van der Waals surface area contributed by atoms with Crippen LogP contribution in [0.5, 0.6) is 0 Å². The zero-order valence-electron chi connectivity index (χ0n) is 17.2. The lowest BCUT2D eigenvalue weighted by Crippen LogP contribution is -2.48. The van der Waals surface area contributed by atoms with Gasteiger partial charge in [0.05, 0.1) is 10.8 Å². The molecule has 3 rings (SSSR count). The zero-order chi connectivity index (χ0) is 20.7. The molecule has 2 heterocycles. The third-order valence-electron chi connectivity index (χ3n) is 5.81. The molecular weight excluding hydrogens is 390 g/mol. The Balaban J connectivity index is 1.36. The molecular formula is C21H33N3O4S. The van der Waals surface area contributed by atoms with E-state index in [1.807, 2.05) is 6.92 Å². The summed E-state index contributed by atoms with van der Waals surface area (Å²) in [5.74, 6) is 0.110. The summed E-state index contributed by atoms with van der Waals surface area (Å²) in [4.78, 5) is 15.3. The van der Waals surface area contributed by atoms with Gasteiger partial charge in [-0.2, -0.15) is 0 Å². The van der Waals surface area contributed by atoms with Gasteiger partial charge in [0.2, 0.25) is 15.9 Å². The molecule has 2 N–H and O–H groups in total. The summed E-state index contributed by atoms with van der Waals surface area (Å²) in [6, 6.07) is 7.31. The fourth-order valence-electron chi connectivity index (χ4n) is 4.05. The molecule has 2 aliphatic rings. The molecule has 0 saturated carbocycles. The number of hydrogen-bond donors (Lipinski definition) is 2. The fraction of sp³-hybridized carbons (Fsp3) is 0.667. The van der Waals surface area contributed by atoms with Crippen molar-refractivity contribution in [1.29, 1.82) is 0 Å². The Hall–Kier alpha value is -1.48. The molecule has 0 aromatic heterocycles. The maximum absolute atomic E-state index is 12.5. The second-order valence-electron chi connectivity index (χ2n) is 8.03. The van der Waals surface area contributed by atoms with Crippen molar-refractivity contribution in [2.75, 3.05) is 39.4 Å². The van der Waals surface area contributed by atoms with Gasteiger partial charge in [0.1, 0.15) is 0 Å². The Bertz CT molecular complexity index is 761. The normalized spacial score (nSPS) is 21.8. The molecule has 2 fully saturated rings. The minimum Gasteiger partial charge on any atom is -0.381 e. The van der Waals surface area contributed by atoms with Crippen molar-refractivity contribution in [2.24, 2.45) is 5.92 Å². The van der Waals surface area contributed by atoms with Gasteiger partial charge in [-0.05, 0) is 57.7 Å². The number of nitrogens with one attached hydrogen (secondary N) is 2. The number of rotatable bonds is 8. The molecule has 2 saturated heterocycles. The van der Waals surface area contributed by atoms with E-state index in [2.05, 4.69) is 14.9 Å². The van der Waals surface area contributed by atoms with Crippen LogP contribution in [0.3, 0.4) is 0 Å². The van der Waals surface area contributed by atoms with Crippen molar-refractivity contribution in [3.63, 3.8) is 0 Å².